The Kier molecular flexibility index (Phi) is 2.88. The Morgan fingerprint density at radius 1 is 1.44 bits per heavy atom. The number of ether oxygens (including phenoxy) is 1. The number of anilines is 1. The third kappa shape index (κ3) is 2.16. The highest BCUT2D eigenvalue weighted by atomic mass is 35.5. The van der Waals surface area contributed by atoms with Crippen molar-refractivity contribution in [3.63, 3.8) is 0 Å². The summed E-state index contributed by atoms with van der Waals surface area (Å²) in [6.07, 6.45) is 6.09. The summed E-state index contributed by atoms with van der Waals surface area (Å²) in [5.41, 5.74) is 0.894. The molecule has 1 fully saturated rings. The molecule has 0 spiro atoms. The van der Waals surface area contributed by atoms with Crippen LogP contribution in [0.3, 0.4) is 0 Å². The van der Waals surface area contributed by atoms with Crippen molar-refractivity contribution in [3.8, 4) is 11.4 Å². The van der Waals surface area contributed by atoms with Gasteiger partial charge in [-0.25, -0.2) is 4.98 Å². The molecule has 1 aliphatic carbocycles. The second-order valence-electron chi connectivity index (χ2n) is 4.36. The predicted molar refractivity (Wildman–Crippen MR) is 71.8 cm³/mol. The first-order valence-electron chi connectivity index (χ1n) is 5.92. The molecular formula is C13H14ClN3O. The summed E-state index contributed by atoms with van der Waals surface area (Å²) >= 11 is 6.05. The van der Waals surface area contributed by atoms with Crippen LogP contribution in [0.15, 0.2) is 30.6 Å². The maximum absolute atomic E-state index is 6.05. The molecule has 1 heterocycles. The first-order chi connectivity index (χ1) is 8.78. The molecule has 1 aromatic heterocycles. The molecule has 0 saturated heterocycles. The second-order valence-corrected chi connectivity index (χ2v) is 4.79. The molecule has 94 valence electrons. The van der Waals surface area contributed by atoms with Gasteiger partial charge < -0.3 is 10.1 Å². The molecule has 0 unspecified atom stereocenters. The highest BCUT2D eigenvalue weighted by molar-refractivity contribution is 6.30. The van der Waals surface area contributed by atoms with E-state index in [2.05, 4.69) is 10.3 Å². The number of hydrogen-bond donors (Lipinski definition) is 1. The number of nitrogens with one attached hydrogen (secondary N) is 1. The predicted octanol–water partition coefficient (Wildman–Crippen LogP) is 3.11. The Bertz CT molecular complexity index is 563. The van der Waals surface area contributed by atoms with Crippen molar-refractivity contribution in [1.82, 2.24) is 9.55 Å². The molecule has 4 nitrogen and oxygen atoms in total. The van der Waals surface area contributed by atoms with E-state index in [1.54, 1.807) is 13.3 Å². The maximum Gasteiger partial charge on any atom is 0.207 e. The summed E-state index contributed by atoms with van der Waals surface area (Å²) in [5, 5.41) is 4.06. The van der Waals surface area contributed by atoms with Gasteiger partial charge in [-0.3, -0.25) is 4.57 Å². The van der Waals surface area contributed by atoms with E-state index in [0.29, 0.717) is 11.1 Å². The summed E-state index contributed by atoms with van der Waals surface area (Å²) in [6.45, 7) is 0. The molecule has 0 atom stereocenters. The number of nitrogens with zero attached hydrogens (tertiary/aromatic N) is 2. The molecule has 5 heteroatoms. The molecule has 1 aliphatic rings. The van der Waals surface area contributed by atoms with E-state index in [1.165, 1.54) is 12.8 Å². The third-order valence-electron chi connectivity index (χ3n) is 2.95. The zero-order valence-corrected chi connectivity index (χ0v) is 10.8. The van der Waals surface area contributed by atoms with Crippen LogP contribution in [0.5, 0.6) is 5.75 Å². The van der Waals surface area contributed by atoms with Gasteiger partial charge in [0.15, 0.2) is 0 Å². The average Bonchev–Trinajstić information content (AvgIpc) is 3.06. The van der Waals surface area contributed by atoms with Gasteiger partial charge in [-0.15, -0.1) is 0 Å². The number of imidazole rings is 1. The van der Waals surface area contributed by atoms with Crippen LogP contribution in [0.25, 0.3) is 5.69 Å². The van der Waals surface area contributed by atoms with Gasteiger partial charge in [-0.1, -0.05) is 11.6 Å². The highest BCUT2D eigenvalue weighted by Crippen LogP contribution is 2.30. The van der Waals surface area contributed by atoms with E-state index in [1.807, 2.05) is 29.0 Å². The number of aromatic nitrogens is 2. The molecule has 1 aromatic carbocycles. The Morgan fingerprint density at radius 3 is 3.00 bits per heavy atom. The number of halogens is 1. The second kappa shape index (κ2) is 4.53. The normalized spacial score (nSPS) is 14.6. The lowest BCUT2D eigenvalue weighted by Crippen LogP contribution is -2.08. The minimum atomic E-state index is 0.552. The number of benzene rings is 1. The lowest BCUT2D eigenvalue weighted by Gasteiger charge is -2.13. The van der Waals surface area contributed by atoms with Gasteiger partial charge in [0.1, 0.15) is 5.75 Å². The van der Waals surface area contributed by atoms with E-state index in [9.17, 15) is 0 Å². The van der Waals surface area contributed by atoms with Crippen LogP contribution in [-0.2, 0) is 0 Å². The number of hydrogen-bond acceptors (Lipinski definition) is 3. The highest BCUT2D eigenvalue weighted by Gasteiger charge is 2.23. The lowest BCUT2D eigenvalue weighted by molar-refractivity contribution is 0.413. The Labute approximate surface area is 111 Å². The standard InChI is InChI=1S/C13H14ClN3O/c1-18-12-5-2-9(14)8-11(12)17-7-6-15-13(17)16-10-3-4-10/h2,5-8,10H,3-4H2,1H3,(H,15,16). The monoisotopic (exact) mass is 263 g/mol. The van der Waals surface area contributed by atoms with Crippen LogP contribution in [0, 0.1) is 0 Å². The fraction of sp³-hybridized carbons (Fsp3) is 0.308. The zero-order valence-electron chi connectivity index (χ0n) is 10.1. The summed E-state index contributed by atoms with van der Waals surface area (Å²) in [4.78, 5) is 4.33. The van der Waals surface area contributed by atoms with Crippen LogP contribution < -0.4 is 10.1 Å². The summed E-state index contributed by atoms with van der Waals surface area (Å²) in [6, 6.07) is 6.10. The molecule has 0 aliphatic heterocycles. The van der Waals surface area contributed by atoms with Crippen molar-refractivity contribution in [2.45, 2.75) is 18.9 Å². The molecule has 0 amide bonds. The van der Waals surface area contributed by atoms with Crippen molar-refractivity contribution in [1.29, 1.82) is 0 Å². The van der Waals surface area contributed by atoms with E-state index in [0.717, 1.165) is 17.4 Å². The number of rotatable bonds is 4. The van der Waals surface area contributed by atoms with Crippen LogP contribution >= 0.6 is 11.6 Å². The van der Waals surface area contributed by atoms with Crippen molar-refractivity contribution >= 4 is 17.5 Å². The molecule has 0 radical (unpaired) electrons. The van der Waals surface area contributed by atoms with Gasteiger partial charge in [0, 0.05) is 23.5 Å². The fourth-order valence-corrected chi connectivity index (χ4v) is 2.03. The first-order valence-corrected chi connectivity index (χ1v) is 6.29. The largest absolute Gasteiger partial charge is 0.495 e. The van der Waals surface area contributed by atoms with Crippen molar-refractivity contribution < 1.29 is 4.74 Å². The summed E-state index contributed by atoms with van der Waals surface area (Å²) in [7, 11) is 1.65. The summed E-state index contributed by atoms with van der Waals surface area (Å²) < 4.78 is 7.33. The van der Waals surface area contributed by atoms with Crippen molar-refractivity contribution in [2.24, 2.45) is 0 Å². The summed E-state index contributed by atoms with van der Waals surface area (Å²) in [5.74, 6) is 1.61. The van der Waals surface area contributed by atoms with E-state index in [-0.39, 0.29) is 0 Å². The van der Waals surface area contributed by atoms with Crippen LogP contribution in [0.4, 0.5) is 5.95 Å². The fourth-order valence-electron chi connectivity index (χ4n) is 1.87. The van der Waals surface area contributed by atoms with E-state index in [4.69, 9.17) is 16.3 Å². The molecule has 0 bridgehead atoms. The Balaban J connectivity index is 2.02. The lowest BCUT2D eigenvalue weighted by atomic mass is 10.3. The molecule has 3 rings (SSSR count). The number of methoxy groups -OCH3 is 1. The van der Waals surface area contributed by atoms with Crippen LogP contribution in [0.1, 0.15) is 12.8 Å². The molecule has 1 saturated carbocycles. The zero-order chi connectivity index (χ0) is 12.5. The van der Waals surface area contributed by atoms with Crippen LogP contribution in [-0.4, -0.2) is 22.7 Å². The minimum Gasteiger partial charge on any atom is -0.495 e. The SMILES string of the molecule is COc1ccc(Cl)cc1-n1ccnc1NC1CC1. The van der Waals surface area contributed by atoms with E-state index >= 15 is 0 Å². The molecule has 2 aromatic rings. The Hall–Kier alpha value is -1.68. The van der Waals surface area contributed by atoms with Crippen molar-refractivity contribution in [3.05, 3.63) is 35.6 Å². The average molecular weight is 264 g/mol. The molecule has 18 heavy (non-hydrogen) atoms. The van der Waals surface area contributed by atoms with Gasteiger partial charge in [-0.2, -0.15) is 0 Å². The van der Waals surface area contributed by atoms with Gasteiger partial charge >= 0.3 is 0 Å². The Morgan fingerprint density at radius 2 is 2.28 bits per heavy atom. The molecular weight excluding hydrogens is 250 g/mol. The smallest absolute Gasteiger partial charge is 0.207 e. The third-order valence-corrected chi connectivity index (χ3v) is 3.19. The van der Waals surface area contributed by atoms with Gasteiger partial charge in [0.25, 0.3) is 0 Å². The quantitative estimate of drug-likeness (QED) is 0.921. The molecule has 1 N–H and O–H groups in total. The van der Waals surface area contributed by atoms with Crippen LogP contribution in [0.2, 0.25) is 5.02 Å². The van der Waals surface area contributed by atoms with Crippen molar-refractivity contribution in [2.75, 3.05) is 12.4 Å². The van der Waals surface area contributed by atoms with E-state index < -0.39 is 0 Å². The van der Waals surface area contributed by atoms with Gasteiger partial charge in [-0.05, 0) is 31.0 Å². The van der Waals surface area contributed by atoms with Gasteiger partial charge in [0.2, 0.25) is 5.95 Å². The van der Waals surface area contributed by atoms with Gasteiger partial charge in [0.05, 0.1) is 12.8 Å². The first kappa shape index (κ1) is 11.4. The topological polar surface area (TPSA) is 39.1 Å². The minimum absolute atomic E-state index is 0.552. The maximum atomic E-state index is 6.05.